The third-order valence-corrected chi connectivity index (χ3v) is 4.52. The average molecular weight is 385 g/mol. The number of oxime groups is 1. The first-order valence-corrected chi connectivity index (χ1v) is 9.10. The maximum Gasteiger partial charge on any atom is 0.365 e. The van der Waals surface area contributed by atoms with E-state index in [0.717, 1.165) is 16.3 Å². The second kappa shape index (κ2) is 8.39. The maximum atomic E-state index is 12.5. The first kappa shape index (κ1) is 18.4. The molecule has 0 N–H and O–H groups in total. The van der Waals surface area contributed by atoms with Crippen molar-refractivity contribution in [2.75, 3.05) is 7.11 Å². The lowest BCUT2D eigenvalue weighted by Crippen LogP contribution is -2.13. The molecule has 0 aliphatic heterocycles. The summed E-state index contributed by atoms with van der Waals surface area (Å²) in [4.78, 5) is 21.8. The summed E-state index contributed by atoms with van der Waals surface area (Å²) in [6.07, 6.45) is 5.22. The van der Waals surface area contributed by atoms with Crippen LogP contribution < -0.4 is 4.74 Å². The highest BCUT2D eigenvalue weighted by molar-refractivity contribution is 6.03. The van der Waals surface area contributed by atoms with E-state index in [0.29, 0.717) is 23.6 Å². The van der Waals surface area contributed by atoms with Gasteiger partial charge in [0, 0.05) is 18.0 Å². The minimum absolute atomic E-state index is 0.369. The highest BCUT2D eigenvalue weighted by Crippen LogP contribution is 2.18. The molecule has 4 aromatic rings. The van der Waals surface area contributed by atoms with Crippen LogP contribution in [0.4, 0.5) is 0 Å². The Kier molecular flexibility index (Phi) is 5.33. The zero-order chi connectivity index (χ0) is 20.1. The van der Waals surface area contributed by atoms with Crippen LogP contribution in [0, 0.1) is 0 Å². The number of ether oxygens (including phenoxy) is 1. The highest BCUT2D eigenvalue weighted by atomic mass is 16.7. The second-order valence-electron chi connectivity index (χ2n) is 6.45. The van der Waals surface area contributed by atoms with Crippen molar-refractivity contribution in [2.45, 2.75) is 6.54 Å². The van der Waals surface area contributed by atoms with E-state index in [1.165, 1.54) is 0 Å². The standard InChI is InChI=1S/C23H19N3O3/c1-28-21-8-4-7-20(14-21)23(27)29-25-22(15-26-12-11-24-16-26)19-10-9-17-5-2-3-6-18(17)13-19/h2-14,16H,15H2,1H3/b25-22+. The Morgan fingerprint density at radius 1 is 1.00 bits per heavy atom. The first-order chi connectivity index (χ1) is 14.2. The summed E-state index contributed by atoms with van der Waals surface area (Å²) in [6, 6.07) is 20.9. The number of carbonyl (C=O) groups excluding carboxylic acids is 1. The van der Waals surface area contributed by atoms with Crippen LogP contribution in [0.25, 0.3) is 10.8 Å². The summed E-state index contributed by atoms with van der Waals surface area (Å²) in [5.41, 5.74) is 1.86. The van der Waals surface area contributed by atoms with Gasteiger partial charge in [-0.15, -0.1) is 0 Å². The third kappa shape index (κ3) is 4.32. The summed E-state index contributed by atoms with van der Waals surface area (Å²) >= 11 is 0. The van der Waals surface area contributed by atoms with Crippen LogP contribution in [0.2, 0.25) is 0 Å². The fraction of sp³-hybridized carbons (Fsp3) is 0.0870. The minimum Gasteiger partial charge on any atom is -0.497 e. The van der Waals surface area contributed by atoms with Gasteiger partial charge in [-0.25, -0.2) is 9.78 Å². The number of rotatable bonds is 6. The number of hydrogen-bond donors (Lipinski definition) is 0. The summed E-state index contributed by atoms with van der Waals surface area (Å²) in [5.74, 6) is 0.0319. The molecule has 0 aliphatic rings. The van der Waals surface area contributed by atoms with E-state index in [1.807, 2.05) is 47.2 Å². The number of aromatic nitrogens is 2. The SMILES string of the molecule is COc1cccc(C(=O)O/N=C(\Cn2ccnc2)c2ccc3ccccc3c2)c1. The Balaban J connectivity index is 1.64. The Morgan fingerprint density at radius 2 is 1.86 bits per heavy atom. The molecule has 0 spiro atoms. The number of carbonyl (C=O) groups is 1. The predicted octanol–water partition coefficient (Wildman–Crippen LogP) is 4.31. The van der Waals surface area contributed by atoms with Crippen molar-refractivity contribution in [1.29, 1.82) is 0 Å². The maximum absolute atomic E-state index is 12.5. The van der Waals surface area contributed by atoms with Gasteiger partial charge >= 0.3 is 5.97 Å². The van der Waals surface area contributed by atoms with Gasteiger partial charge in [0.15, 0.2) is 0 Å². The molecule has 4 rings (SSSR count). The number of imidazole rings is 1. The molecule has 0 radical (unpaired) electrons. The van der Waals surface area contributed by atoms with E-state index in [1.54, 1.807) is 43.9 Å². The Labute approximate surface area is 168 Å². The fourth-order valence-electron chi connectivity index (χ4n) is 2.99. The van der Waals surface area contributed by atoms with Gasteiger partial charge in [-0.1, -0.05) is 47.6 Å². The van der Waals surface area contributed by atoms with Crippen LogP contribution in [0.3, 0.4) is 0 Å². The zero-order valence-corrected chi connectivity index (χ0v) is 15.9. The van der Waals surface area contributed by atoms with Gasteiger partial charge in [-0.05, 0) is 35.0 Å². The molecular formula is C23H19N3O3. The molecule has 144 valence electrons. The molecule has 3 aromatic carbocycles. The molecule has 0 bridgehead atoms. The van der Waals surface area contributed by atoms with Crippen LogP contribution in [-0.2, 0) is 11.4 Å². The van der Waals surface area contributed by atoms with Crippen molar-refractivity contribution in [3.63, 3.8) is 0 Å². The van der Waals surface area contributed by atoms with Gasteiger partial charge in [0.1, 0.15) is 11.5 Å². The Bertz CT molecular complexity index is 1170. The normalized spacial score (nSPS) is 11.4. The Morgan fingerprint density at radius 3 is 2.66 bits per heavy atom. The summed E-state index contributed by atoms with van der Waals surface area (Å²) < 4.78 is 7.03. The quantitative estimate of drug-likeness (QED) is 0.282. The molecular weight excluding hydrogens is 366 g/mol. The van der Waals surface area contributed by atoms with Gasteiger partial charge in [0.05, 0.1) is 25.5 Å². The van der Waals surface area contributed by atoms with Crippen molar-refractivity contribution in [3.8, 4) is 5.75 Å². The Hall–Kier alpha value is -3.93. The average Bonchev–Trinajstić information content (AvgIpc) is 3.29. The molecule has 29 heavy (non-hydrogen) atoms. The van der Waals surface area contributed by atoms with Gasteiger partial charge in [0.25, 0.3) is 0 Å². The lowest BCUT2D eigenvalue weighted by molar-refractivity contribution is 0.0515. The van der Waals surface area contributed by atoms with E-state index >= 15 is 0 Å². The molecule has 1 heterocycles. The van der Waals surface area contributed by atoms with Gasteiger partial charge in [-0.2, -0.15) is 0 Å². The van der Waals surface area contributed by atoms with E-state index in [2.05, 4.69) is 16.2 Å². The van der Waals surface area contributed by atoms with Crippen LogP contribution in [-0.4, -0.2) is 28.3 Å². The fourth-order valence-corrected chi connectivity index (χ4v) is 2.99. The highest BCUT2D eigenvalue weighted by Gasteiger charge is 2.12. The van der Waals surface area contributed by atoms with E-state index in [9.17, 15) is 4.79 Å². The topological polar surface area (TPSA) is 65.7 Å². The molecule has 0 unspecified atom stereocenters. The van der Waals surface area contributed by atoms with Gasteiger partial charge in [-0.3, -0.25) is 0 Å². The van der Waals surface area contributed by atoms with E-state index < -0.39 is 5.97 Å². The summed E-state index contributed by atoms with van der Waals surface area (Å²) in [6.45, 7) is 0.420. The smallest absolute Gasteiger partial charge is 0.365 e. The molecule has 0 fully saturated rings. The van der Waals surface area contributed by atoms with E-state index in [4.69, 9.17) is 9.57 Å². The molecule has 1 aromatic heterocycles. The minimum atomic E-state index is -0.548. The monoisotopic (exact) mass is 385 g/mol. The molecule has 0 aliphatic carbocycles. The van der Waals surface area contributed by atoms with Gasteiger partial charge in [0.2, 0.25) is 0 Å². The molecule has 0 saturated carbocycles. The lowest BCUT2D eigenvalue weighted by atomic mass is 10.0. The molecule has 0 atom stereocenters. The van der Waals surface area contributed by atoms with Crippen molar-refractivity contribution < 1.29 is 14.4 Å². The van der Waals surface area contributed by atoms with Crippen molar-refractivity contribution in [3.05, 3.63) is 96.6 Å². The number of hydrogen-bond acceptors (Lipinski definition) is 5. The van der Waals surface area contributed by atoms with E-state index in [-0.39, 0.29) is 0 Å². The van der Waals surface area contributed by atoms with Crippen LogP contribution in [0.15, 0.2) is 90.6 Å². The van der Waals surface area contributed by atoms with Crippen LogP contribution >= 0.6 is 0 Å². The zero-order valence-electron chi connectivity index (χ0n) is 15.9. The number of methoxy groups -OCH3 is 1. The van der Waals surface area contributed by atoms with Crippen molar-refractivity contribution >= 4 is 22.5 Å². The van der Waals surface area contributed by atoms with Crippen molar-refractivity contribution in [2.24, 2.45) is 5.16 Å². The third-order valence-electron chi connectivity index (χ3n) is 4.52. The summed E-state index contributed by atoms with van der Waals surface area (Å²) in [7, 11) is 1.55. The first-order valence-electron chi connectivity index (χ1n) is 9.10. The molecule has 0 saturated heterocycles. The second-order valence-corrected chi connectivity index (χ2v) is 6.45. The number of benzene rings is 3. The van der Waals surface area contributed by atoms with Crippen molar-refractivity contribution in [1.82, 2.24) is 9.55 Å². The number of nitrogens with zero attached hydrogens (tertiary/aromatic N) is 3. The largest absolute Gasteiger partial charge is 0.497 e. The summed E-state index contributed by atoms with van der Waals surface area (Å²) in [5, 5.41) is 6.40. The van der Waals surface area contributed by atoms with Crippen LogP contribution in [0.1, 0.15) is 15.9 Å². The molecule has 6 nitrogen and oxygen atoms in total. The molecule has 0 amide bonds. The van der Waals surface area contributed by atoms with Gasteiger partial charge < -0.3 is 14.1 Å². The lowest BCUT2D eigenvalue weighted by Gasteiger charge is -2.09. The predicted molar refractivity (Wildman–Crippen MR) is 111 cm³/mol. The van der Waals surface area contributed by atoms with Crippen LogP contribution in [0.5, 0.6) is 5.75 Å². The molecule has 6 heteroatoms. The number of fused-ring (bicyclic) bond motifs is 1.